The molecule has 0 saturated heterocycles. The Hall–Kier alpha value is -19.6. The highest BCUT2D eigenvalue weighted by Crippen LogP contribution is 2.47. The van der Waals surface area contributed by atoms with Crippen LogP contribution in [-0.2, 0) is 0 Å². The molecule has 2 aromatic heterocycles. The number of hydrogen-bond donors (Lipinski definition) is 0. The summed E-state index contributed by atoms with van der Waals surface area (Å²) in [5.41, 5.74) is 16.7. The van der Waals surface area contributed by atoms with Crippen molar-refractivity contribution >= 4 is 60.7 Å². The van der Waals surface area contributed by atoms with E-state index in [-0.39, 0.29) is 0 Å². The summed E-state index contributed by atoms with van der Waals surface area (Å²) in [6, 6.07) is 132. The summed E-state index contributed by atoms with van der Waals surface area (Å²) in [6.07, 6.45) is 0. The number of benzene rings is 17. The van der Waals surface area contributed by atoms with Crippen LogP contribution in [0.4, 0.5) is 17.1 Å². The van der Waals surface area contributed by atoms with Crippen LogP contribution in [-0.4, -0.2) is 23.4 Å². The average Bonchev–Trinajstić information content (AvgIpc) is 1.56. The zero-order valence-electron chi connectivity index (χ0n) is 70.2. The van der Waals surface area contributed by atoms with Gasteiger partial charge in [0.15, 0.2) is 34.3 Å². The van der Waals surface area contributed by atoms with Crippen molar-refractivity contribution in [1.82, 2.24) is 9.13 Å². The lowest BCUT2D eigenvalue weighted by atomic mass is 9.99. The molecule has 2 heterocycles. The molecule has 0 N–H and O–H groups in total. The van der Waals surface area contributed by atoms with Crippen molar-refractivity contribution in [1.29, 1.82) is 31.6 Å². The molecule has 0 bridgehead atoms. The first-order valence-electron chi connectivity index (χ1n) is 40.9. The van der Waals surface area contributed by atoms with Crippen molar-refractivity contribution in [2.75, 3.05) is 14.2 Å². The van der Waals surface area contributed by atoms with Gasteiger partial charge in [0.05, 0.1) is 126 Å². The number of ether oxygens (including phenoxy) is 7. The van der Waals surface area contributed by atoms with Gasteiger partial charge in [-0.2, -0.15) is 31.6 Å². The van der Waals surface area contributed by atoms with Crippen LogP contribution in [0.1, 0.15) is 33.4 Å². The molecular weight excluding hydrogens is 1620 g/mol. The van der Waals surface area contributed by atoms with Gasteiger partial charge in [-0.3, -0.25) is 0 Å². The zero-order chi connectivity index (χ0) is 90.5. The van der Waals surface area contributed by atoms with Crippen molar-refractivity contribution in [3.05, 3.63) is 450 Å². The van der Waals surface area contributed by atoms with Gasteiger partial charge >= 0.3 is 0 Å². The van der Waals surface area contributed by atoms with E-state index in [1.54, 1.807) is 160 Å². The summed E-state index contributed by atoms with van der Waals surface area (Å²) in [6.45, 7) is 21.7. The van der Waals surface area contributed by atoms with E-state index in [2.05, 4.69) is 139 Å². The highest BCUT2D eigenvalue weighted by Gasteiger charge is 2.24. The predicted octanol–water partition coefficient (Wildman–Crippen LogP) is 29.5. The molecule has 131 heavy (non-hydrogen) atoms. The Kier molecular flexibility index (Phi) is 25.7. The predicted molar refractivity (Wildman–Crippen MR) is 509 cm³/mol. The second-order valence-electron chi connectivity index (χ2n) is 29.3. The van der Waals surface area contributed by atoms with E-state index in [9.17, 15) is 21.0 Å². The fourth-order valence-corrected chi connectivity index (χ4v) is 15.1. The van der Waals surface area contributed by atoms with Crippen LogP contribution < -0.4 is 33.2 Å². The number of para-hydroxylation sites is 9. The Bertz CT molecular complexity index is 7490. The maximum absolute atomic E-state index is 9.46. The molecule has 18 heteroatoms. The average molecular weight is 1690 g/mol. The molecule has 0 aliphatic rings. The number of fused-ring (bicyclic) bond motifs is 6. The summed E-state index contributed by atoms with van der Waals surface area (Å²) >= 11 is 0. The molecule has 0 saturated carbocycles. The molecule has 18 nitrogen and oxygen atoms in total. The molecule has 19 rings (SSSR count). The van der Waals surface area contributed by atoms with E-state index in [4.69, 9.17) is 63.4 Å². The molecule has 0 aliphatic heterocycles. The molecule has 618 valence electrons. The molecule has 0 unspecified atom stereocenters. The van der Waals surface area contributed by atoms with E-state index in [0.29, 0.717) is 124 Å². The fourth-order valence-electron chi connectivity index (χ4n) is 15.1. The fraction of sp³-hybridized carbons (Fsp3) is 0.0177. The van der Waals surface area contributed by atoms with Crippen LogP contribution in [0.15, 0.2) is 382 Å². The number of rotatable bonds is 18. The van der Waals surface area contributed by atoms with Crippen LogP contribution in [0, 0.1) is 87.7 Å². The third-order valence-corrected chi connectivity index (χ3v) is 21.3. The molecule has 0 aliphatic carbocycles. The summed E-state index contributed by atoms with van der Waals surface area (Å²) in [5, 5.41) is 60.3. The van der Waals surface area contributed by atoms with Crippen molar-refractivity contribution in [2.45, 2.75) is 0 Å². The van der Waals surface area contributed by atoms with Gasteiger partial charge in [-0.15, -0.1) is 0 Å². The van der Waals surface area contributed by atoms with Crippen LogP contribution in [0.3, 0.4) is 0 Å². The number of hydrogen-bond acceptors (Lipinski definition) is 13. The number of nitrogens with zero attached hydrogens (tertiary/aromatic N) is 11. The quantitative estimate of drug-likeness (QED) is 0.0729. The van der Waals surface area contributed by atoms with Gasteiger partial charge in [0, 0.05) is 49.4 Å². The van der Waals surface area contributed by atoms with Crippen LogP contribution >= 0.6 is 0 Å². The molecule has 0 spiro atoms. The third-order valence-electron chi connectivity index (χ3n) is 21.3. The number of methoxy groups -OCH3 is 2. The Morgan fingerprint density at radius 3 is 0.939 bits per heavy atom. The van der Waals surface area contributed by atoms with Crippen molar-refractivity contribution in [3.8, 4) is 161 Å². The molecule has 0 amide bonds. The number of aromatic nitrogens is 2. The molecule has 17 aromatic carbocycles. The minimum Gasteiger partial charge on any atom is -0.497 e. The third kappa shape index (κ3) is 19.0. The minimum atomic E-state index is 0.324. The monoisotopic (exact) mass is 1690 g/mol. The van der Waals surface area contributed by atoms with Gasteiger partial charge in [-0.1, -0.05) is 176 Å². The molecule has 0 fully saturated rings. The second kappa shape index (κ2) is 39.7. The Labute approximate surface area is 755 Å². The first kappa shape index (κ1) is 84.9. The Morgan fingerprint density at radius 2 is 0.542 bits per heavy atom. The lowest BCUT2D eigenvalue weighted by Crippen LogP contribution is -2.01. The van der Waals surface area contributed by atoms with Crippen LogP contribution in [0.5, 0.6) is 69.0 Å². The van der Waals surface area contributed by atoms with Crippen molar-refractivity contribution in [3.63, 3.8) is 0 Å². The van der Waals surface area contributed by atoms with Crippen molar-refractivity contribution in [2.24, 2.45) is 0 Å². The van der Waals surface area contributed by atoms with E-state index in [0.717, 1.165) is 83.7 Å². The molecule has 0 radical (unpaired) electrons. The molecule has 19 aromatic rings. The van der Waals surface area contributed by atoms with E-state index >= 15 is 0 Å². The smallest absolute Gasteiger partial charge is 0.189 e. The SMILES string of the molecule is N#Cc1ccc(-c2ccccc2Oc2ccccc2-c2ccc(C#N)cc2)cc1.[C-]#[N+]c1cc(C#N)cc(-c2cc(OC)ccc2Oc2ccc(OC)cc2-c2cc(C#N)cc(C#N)c2)c1.[C-]#[N+]c1ccc(Oc2cccc(Oc3ccc(C#N)cc3)c2-n2c3ccccc3c3ccccc32)cc1.[C-]#[N+]c1ccc(Oc2ccccc2-n2c3ccccc3c3ccccc32)cc1. The van der Waals surface area contributed by atoms with Crippen LogP contribution in [0.2, 0.25) is 0 Å². The zero-order valence-corrected chi connectivity index (χ0v) is 70.2. The Morgan fingerprint density at radius 1 is 0.229 bits per heavy atom. The minimum absolute atomic E-state index is 0.324. The lowest BCUT2D eigenvalue weighted by Gasteiger charge is -2.19. The first-order chi connectivity index (χ1) is 64.4. The first-order valence-corrected chi connectivity index (χ1v) is 40.9. The summed E-state index contributed by atoms with van der Waals surface area (Å²) in [5.74, 6) is 7.43. The summed E-state index contributed by atoms with van der Waals surface area (Å²) in [4.78, 5) is 10.4. The van der Waals surface area contributed by atoms with Gasteiger partial charge in [0.1, 0.15) is 57.4 Å². The molecular formula is C113H69N11O7. The van der Waals surface area contributed by atoms with Gasteiger partial charge in [-0.25, -0.2) is 14.5 Å². The lowest BCUT2D eigenvalue weighted by molar-refractivity contribution is 0.411. The normalized spacial score (nSPS) is 10.3. The largest absolute Gasteiger partial charge is 0.497 e. The Balaban J connectivity index is 0.000000129. The van der Waals surface area contributed by atoms with E-state index in [1.165, 1.54) is 22.9 Å². The number of nitriles is 6. The highest BCUT2D eigenvalue weighted by atomic mass is 16.5. The van der Waals surface area contributed by atoms with Crippen LogP contribution in [0.25, 0.3) is 114 Å². The van der Waals surface area contributed by atoms with Crippen molar-refractivity contribution < 1.29 is 33.2 Å². The van der Waals surface area contributed by atoms with Gasteiger partial charge in [0.25, 0.3) is 0 Å². The maximum atomic E-state index is 9.46. The van der Waals surface area contributed by atoms with Gasteiger partial charge in [-0.05, 0) is 229 Å². The van der Waals surface area contributed by atoms with E-state index < -0.39 is 0 Å². The second-order valence-corrected chi connectivity index (χ2v) is 29.3. The van der Waals surface area contributed by atoms with E-state index in [1.807, 2.05) is 146 Å². The van der Waals surface area contributed by atoms with Gasteiger partial charge in [0.2, 0.25) is 0 Å². The summed E-state index contributed by atoms with van der Waals surface area (Å²) < 4.78 is 47.0. The van der Waals surface area contributed by atoms with Gasteiger partial charge < -0.3 is 42.3 Å². The standard InChI is InChI=1S/C32H19N3O2.C30H18N4O3.C26H16N2O.C25H16N2O/c1-34-23-15-19-25(20-16-23)37-31-12-6-11-30(36-24-17-13-22(21-33)14-18-24)32(31)35-28-9-4-2-7-26(28)27-8-3-5-10-29(27)35;1-34-24-12-21(18-33)11-23(13-24)28-15-26(36-3)5-7-30(28)37-29-6-4-25(35-2)14-27(29)22-9-19(16-31)8-20(10-22)17-32;27-17-19-9-13-21(14-10-19)23-5-1-3-7-25(23)29-26-8-4-2-6-24(26)22-15-11-20(18-28)12-16-22;1-26-18-14-16-19(17-15-18)28-25-13-7-6-12-24(25)27-22-10-4-2-8-20(22)21-9-3-5-11-23(21)27/h2-20H;4-15H,2-3H3;1-16H;2-17H. The highest BCUT2D eigenvalue weighted by molar-refractivity contribution is 6.11. The summed E-state index contributed by atoms with van der Waals surface area (Å²) in [7, 11) is 3.09. The molecule has 0 atom stereocenters. The topological polar surface area (TPSA) is 230 Å². The maximum Gasteiger partial charge on any atom is 0.189 e.